The predicted molar refractivity (Wildman–Crippen MR) is 253 cm³/mol. The van der Waals surface area contributed by atoms with Gasteiger partial charge in [-0.2, -0.15) is 0 Å². The lowest BCUT2D eigenvalue weighted by Crippen LogP contribution is -2.57. The topological polar surface area (TPSA) is 387 Å². The second-order valence-corrected chi connectivity index (χ2v) is 16.3. The predicted octanol–water partition coefficient (Wildman–Crippen LogP) is -1.14. The number of aliphatic carboxylic acids is 3. The summed E-state index contributed by atoms with van der Waals surface area (Å²) in [6.45, 7) is -0.237. The number of carboxylic acids is 3. The Labute approximate surface area is 395 Å². The molecular weight excluding hydrogens is 901 g/mol. The van der Waals surface area contributed by atoms with Crippen molar-refractivity contribution in [1.29, 1.82) is 0 Å². The van der Waals surface area contributed by atoms with Gasteiger partial charge >= 0.3 is 17.9 Å². The number of amides is 5. The van der Waals surface area contributed by atoms with Gasteiger partial charge in [0.15, 0.2) is 5.96 Å². The Morgan fingerprint density at radius 2 is 1.32 bits per heavy atom. The first kappa shape index (κ1) is 53.7. The molecule has 0 aliphatic carbocycles. The highest BCUT2D eigenvalue weighted by Crippen LogP contribution is 2.34. The number of para-hydroxylation sites is 2. The Hall–Kier alpha value is -7.96. The second kappa shape index (κ2) is 25.8. The van der Waals surface area contributed by atoms with E-state index in [9.17, 15) is 48.6 Å². The normalized spacial score (nSPS) is 12.5. The van der Waals surface area contributed by atoms with Gasteiger partial charge < -0.3 is 64.2 Å². The van der Waals surface area contributed by atoms with Crippen LogP contribution in [0.5, 0.6) is 0 Å². The van der Waals surface area contributed by atoms with E-state index in [2.05, 4.69) is 31.6 Å². The zero-order chi connectivity index (χ0) is 50.8. The maximum absolute atomic E-state index is 13.7. The lowest BCUT2D eigenvalue weighted by molar-refractivity contribution is -0.143. The molecule has 0 saturated carbocycles. The summed E-state index contributed by atoms with van der Waals surface area (Å²) in [7, 11) is 0. The van der Waals surface area contributed by atoms with Crippen molar-refractivity contribution in [2.45, 2.75) is 51.4 Å². The van der Waals surface area contributed by atoms with Crippen LogP contribution in [0.15, 0.2) is 71.7 Å². The number of aliphatic hydroxyl groups is 1. The number of fused-ring (bicyclic) bond motifs is 2. The van der Waals surface area contributed by atoms with E-state index in [-0.39, 0.29) is 44.1 Å². The average Bonchev–Trinajstić information content (AvgIpc) is 3.28. The van der Waals surface area contributed by atoms with E-state index in [1.807, 2.05) is 24.3 Å². The van der Waals surface area contributed by atoms with Crippen molar-refractivity contribution in [3.63, 3.8) is 0 Å². The Morgan fingerprint density at radius 1 is 0.710 bits per heavy atom. The number of pyridine rings is 1. The molecule has 0 saturated heterocycles. The van der Waals surface area contributed by atoms with Gasteiger partial charge in [-0.25, -0.2) is 4.98 Å². The van der Waals surface area contributed by atoms with Crippen LogP contribution in [0.3, 0.4) is 0 Å². The quantitative estimate of drug-likeness (QED) is 0.0139. The average molecular weight is 959 g/mol. The number of carbonyl (C=O) groups is 8. The number of anilines is 2. The van der Waals surface area contributed by atoms with Gasteiger partial charge in [-0.15, -0.1) is 0 Å². The second-order valence-electron chi connectivity index (χ2n) is 16.3. The number of hydrogen-bond donors (Lipinski definition) is 12. The molecule has 4 rings (SSSR count). The summed E-state index contributed by atoms with van der Waals surface area (Å²) >= 11 is 0. The van der Waals surface area contributed by atoms with Crippen molar-refractivity contribution in [1.82, 2.24) is 36.1 Å². The summed E-state index contributed by atoms with van der Waals surface area (Å²) in [5.41, 5.74) is 19.5. The maximum atomic E-state index is 13.7. The van der Waals surface area contributed by atoms with Crippen LogP contribution in [0, 0.1) is 5.92 Å². The molecule has 0 aliphatic heterocycles. The number of aliphatic imine (C=N–C) groups is 1. The third kappa shape index (κ3) is 16.7. The van der Waals surface area contributed by atoms with Gasteiger partial charge in [-0.3, -0.25) is 53.1 Å². The van der Waals surface area contributed by atoms with E-state index in [1.165, 1.54) is 0 Å². The Balaban J connectivity index is 1.41. The smallest absolute Gasteiger partial charge is 0.317 e. The van der Waals surface area contributed by atoms with Crippen molar-refractivity contribution in [2.24, 2.45) is 28.1 Å². The number of aromatic nitrogens is 1. The molecule has 15 N–H and O–H groups in total. The molecule has 3 atom stereocenters. The van der Waals surface area contributed by atoms with E-state index >= 15 is 0 Å². The fraction of sp³-hybridized carbons (Fsp3) is 0.378. The van der Waals surface area contributed by atoms with Crippen LogP contribution in [0.25, 0.3) is 21.8 Å². The molecule has 4 aromatic rings. The minimum atomic E-state index is -1.54. The van der Waals surface area contributed by atoms with Crippen molar-refractivity contribution in [3.05, 3.63) is 77.9 Å². The molecule has 370 valence electrons. The van der Waals surface area contributed by atoms with Crippen LogP contribution >= 0.6 is 0 Å². The van der Waals surface area contributed by atoms with Gasteiger partial charge in [0.05, 0.1) is 55.1 Å². The molecule has 1 aromatic heterocycles. The van der Waals surface area contributed by atoms with E-state index < -0.39 is 104 Å². The number of hydrogen-bond acceptors (Lipinski definition) is 14. The van der Waals surface area contributed by atoms with E-state index in [0.717, 1.165) is 15.2 Å². The highest BCUT2D eigenvalue weighted by molar-refractivity contribution is 6.15. The van der Waals surface area contributed by atoms with Crippen LogP contribution in [-0.2, 0) is 40.1 Å². The van der Waals surface area contributed by atoms with Crippen molar-refractivity contribution in [3.8, 4) is 0 Å². The molecule has 0 spiro atoms. The van der Waals surface area contributed by atoms with E-state index in [1.54, 1.807) is 56.3 Å². The van der Waals surface area contributed by atoms with Gasteiger partial charge in [-0.05, 0) is 48.6 Å². The number of nitrogens with two attached hydrogens (primary N) is 3. The lowest BCUT2D eigenvalue weighted by atomic mass is 10.0. The molecule has 0 radical (unpaired) electrons. The Bertz CT molecular complexity index is 2520. The SMILES string of the molecule is CC(C)[C@H](NC(=O)[C@H](CO)NC(=O)CN(CCN(CC(=O)O)CC(=O)O)CC(=O)O)C(=O)NCc1ccc(Nc2c3ccccc3nc3c(C(=O)N[C@@H](CCCN=C(N)N)C(N)=O)cccc23)cc1. The number of carbonyl (C=O) groups excluding carboxylic acids is 5. The molecule has 3 aromatic carbocycles. The summed E-state index contributed by atoms with van der Waals surface area (Å²) in [4.78, 5) is 110. The number of nitrogens with one attached hydrogen (secondary N) is 5. The molecule has 24 heteroatoms. The minimum absolute atomic E-state index is 0.0499. The Kier molecular flexibility index (Phi) is 20.1. The number of guanidine groups is 1. The van der Waals surface area contributed by atoms with Crippen molar-refractivity contribution >= 4 is 86.6 Å². The van der Waals surface area contributed by atoms with Gasteiger partial charge in [-0.1, -0.05) is 56.3 Å². The summed E-state index contributed by atoms with van der Waals surface area (Å²) in [5, 5.41) is 52.7. The molecule has 0 aliphatic rings. The summed E-state index contributed by atoms with van der Waals surface area (Å²) in [6, 6.07) is 15.9. The molecule has 0 unspecified atom stereocenters. The highest BCUT2D eigenvalue weighted by Gasteiger charge is 2.29. The number of rotatable bonds is 28. The summed E-state index contributed by atoms with van der Waals surface area (Å²) < 4.78 is 0. The first-order valence-corrected chi connectivity index (χ1v) is 21.7. The maximum Gasteiger partial charge on any atom is 0.317 e. The first-order valence-electron chi connectivity index (χ1n) is 21.7. The standard InChI is InChI=1S/C45H58N12O12/c1-25(2)38(55-43(68)33(24-58)52-34(59)20-56(21-35(60)61)17-18-57(22-36(62)63)23-37(64)65)44(69)50-19-26-12-14-27(15-13-26)51-39-28-7-3-4-10-31(28)53-40-29(39)8-5-9-30(40)42(67)54-32(41(46)66)11-6-16-49-45(47)48/h3-5,7-10,12-15,25,32-33,38,58H,6,11,16-24H2,1-2H3,(H2,46,66)(H,50,69)(H,51,53)(H,52,59)(H,54,67)(H,55,68)(H,60,61)(H,62,63)(H,64,65)(H4,47,48,49)/t32-,33-,38-/m0/s1. The fourth-order valence-electron chi connectivity index (χ4n) is 7.12. The Morgan fingerprint density at radius 3 is 1.90 bits per heavy atom. The minimum Gasteiger partial charge on any atom is -0.480 e. The van der Waals surface area contributed by atoms with E-state index in [0.29, 0.717) is 39.8 Å². The number of benzene rings is 3. The van der Waals surface area contributed by atoms with E-state index in [4.69, 9.17) is 32.4 Å². The molecule has 69 heavy (non-hydrogen) atoms. The molecule has 5 amide bonds. The zero-order valence-corrected chi connectivity index (χ0v) is 38.0. The van der Waals surface area contributed by atoms with Crippen molar-refractivity contribution in [2.75, 3.05) is 57.7 Å². The van der Waals surface area contributed by atoms with Gasteiger partial charge in [0.25, 0.3) is 5.91 Å². The molecule has 0 bridgehead atoms. The lowest BCUT2D eigenvalue weighted by Gasteiger charge is -2.26. The number of aliphatic hydroxyl groups excluding tert-OH is 1. The van der Waals surface area contributed by atoms with Crippen LogP contribution in [0.4, 0.5) is 11.4 Å². The zero-order valence-electron chi connectivity index (χ0n) is 38.0. The van der Waals surface area contributed by atoms with Crippen LogP contribution < -0.4 is 43.8 Å². The molecular formula is C45H58N12O12. The van der Waals surface area contributed by atoms with Gasteiger partial charge in [0.1, 0.15) is 18.1 Å². The summed E-state index contributed by atoms with van der Waals surface area (Å²) in [5.74, 6) is -8.12. The summed E-state index contributed by atoms with van der Waals surface area (Å²) in [6.07, 6.45) is 0.593. The number of nitrogens with zero attached hydrogens (tertiary/aromatic N) is 4. The third-order valence-electron chi connectivity index (χ3n) is 10.5. The third-order valence-corrected chi connectivity index (χ3v) is 10.5. The largest absolute Gasteiger partial charge is 0.480 e. The first-order chi connectivity index (χ1) is 32.8. The molecule has 24 nitrogen and oxygen atoms in total. The van der Waals surface area contributed by atoms with Gasteiger partial charge in [0.2, 0.25) is 23.6 Å². The highest BCUT2D eigenvalue weighted by atomic mass is 16.4. The van der Waals surface area contributed by atoms with Crippen molar-refractivity contribution < 1.29 is 58.8 Å². The van der Waals surface area contributed by atoms with Gasteiger partial charge in [0, 0.05) is 42.6 Å². The van der Waals surface area contributed by atoms with Crippen LogP contribution in [0.2, 0.25) is 0 Å². The van der Waals surface area contributed by atoms with Crippen LogP contribution in [-0.4, -0.2) is 159 Å². The number of carboxylic acid groups (broad SMARTS) is 3. The monoisotopic (exact) mass is 958 g/mol. The fourth-order valence-corrected chi connectivity index (χ4v) is 7.12. The molecule has 0 fully saturated rings. The molecule has 1 heterocycles. The number of primary amides is 1. The van der Waals surface area contributed by atoms with Crippen LogP contribution in [0.1, 0.15) is 42.6 Å².